The van der Waals surface area contributed by atoms with Crippen LogP contribution in [-0.4, -0.2) is 48.5 Å². The Bertz CT molecular complexity index is 533. The second-order valence-corrected chi connectivity index (χ2v) is 8.91. The molecule has 1 heterocycles. The molecule has 1 saturated heterocycles. The molecule has 25 heavy (non-hydrogen) atoms. The van der Waals surface area contributed by atoms with Gasteiger partial charge in [0.2, 0.25) is 0 Å². The molecule has 4 nitrogen and oxygen atoms in total. The minimum atomic E-state index is 0.202. The van der Waals surface area contributed by atoms with Crippen LogP contribution in [0, 0.1) is 0 Å². The maximum atomic E-state index is 4.31. The molecule has 1 aromatic carbocycles. The SMILES string of the molecule is CN=C(NCc1ccc(CN2CCCCC2)cc1)NCC(C)(C)SC. The van der Waals surface area contributed by atoms with Gasteiger partial charge in [-0.05, 0) is 57.2 Å². The van der Waals surface area contributed by atoms with Gasteiger partial charge in [-0.25, -0.2) is 0 Å². The number of likely N-dealkylation sites (tertiary alicyclic amines) is 1. The Balaban J connectivity index is 1.77. The largest absolute Gasteiger partial charge is 0.355 e. The van der Waals surface area contributed by atoms with Gasteiger partial charge < -0.3 is 10.6 Å². The summed E-state index contributed by atoms with van der Waals surface area (Å²) >= 11 is 1.86. The van der Waals surface area contributed by atoms with Crippen LogP contribution in [0.5, 0.6) is 0 Å². The van der Waals surface area contributed by atoms with E-state index >= 15 is 0 Å². The number of hydrogen-bond donors (Lipinski definition) is 2. The molecule has 0 aliphatic carbocycles. The van der Waals surface area contributed by atoms with Crippen LogP contribution < -0.4 is 10.6 Å². The fourth-order valence-electron chi connectivity index (χ4n) is 2.91. The fraction of sp³-hybridized carbons (Fsp3) is 0.650. The number of rotatable bonds is 7. The van der Waals surface area contributed by atoms with Crippen molar-refractivity contribution in [2.75, 3.05) is 32.9 Å². The van der Waals surface area contributed by atoms with Crippen LogP contribution in [0.15, 0.2) is 29.3 Å². The highest BCUT2D eigenvalue weighted by molar-refractivity contribution is 7.99. The third kappa shape index (κ3) is 7.28. The summed E-state index contributed by atoms with van der Waals surface area (Å²) in [6.07, 6.45) is 6.23. The molecule has 5 heteroatoms. The number of guanidine groups is 1. The molecule has 1 fully saturated rings. The van der Waals surface area contributed by atoms with E-state index in [9.17, 15) is 0 Å². The Morgan fingerprint density at radius 2 is 1.72 bits per heavy atom. The number of aliphatic imine (C=N–C) groups is 1. The predicted molar refractivity (Wildman–Crippen MR) is 111 cm³/mol. The van der Waals surface area contributed by atoms with E-state index in [1.807, 2.05) is 18.8 Å². The normalized spacial score (nSPS) is 16.7. The number of thioether (sulfide) groups is 1. The average molecular weight is 363 g/mol. The fourth-order valence-corrected chi connectivity index (χ4v) is 3.13. The molecule has 140 valence electrons. The summed E-state index contributed by atoms with van der Waals surface area (Å²) in [5, 5.41) is 6.81. The first-order valence-electron chi connectivity index (χ1n) is 9.32. The van der Waals surface area contributed by atoms with Gasteiger partial charge in [-0.2, -0.15) is 11.8 Å². The lowest BCUT2D eigenvalue weighted by molar-refractivity contribution is 0.221. The molecule has 2 N–H and O–H groups in total. The Kier molecular flexibility index (Phi) is 8.10. The number of nitrogens with zero attached hydrogens (tertiary/aromatic N) is 2. The van der Waals surface area contributed by atoms with Gasteiger partial charge >= 0.3 is 0 Å². The summed E-state index contributed by atoms with van der Waals surface area (Å²) in [5.74, 6) is 0.861. The molecule has 2 rings (SSSR count). The molecule has 0 saturated carbocycles. The molecule has 1 aliphatic heterocycles. The summed E-state index contributed by atoms with van der Waals surface area (Å²) in [6.45, 7) is 9.74. The van der Waals surface area contributed by atoms with Crippen LogP contribution in [0.1, 0.15) is 44.2 Å². The van der Waals surface area contributed by atoms with Gasteiger partial charge in [0.15, 0.2) is 5.96 Å². The van der Waals surface area contributed by atoms with Gasteiger partial charge in [0.1, 0.15) is 0 Å². The molecule has 0 amide bonds. The zero-order chi connectivity index (χ0) is 18.1. The Labute approximate surface area is 157 Å². The summed E-state index contributed by atoms with van der Waals surface area (Å²) < 4.78 is 0.202. The van der Waals surface area contributed by atoms with Gasteiger partial charge in [-0.3, -0.25) is 9.89 Å². The highest BCUT2D eigenvalue weighted by Gasteiger charge is 2.16. The van der Waals surface area contributed by atoms with Crippen molar-refractivity contribution < 1.29 is 0 Å². The second-order valence-electron chi connectivity index (χ2n) is 7.40. The Hall–Kier alpha value is -1.20. The standard InChI is InChI=1S/C20H34N4S/c1-20(2,25-4)16-23-19(21-3)22-14-17-8-10-18(11-9-17)15-24-12-6-5-7-13-24/h8-11H,5-7,12-16H2,1-4H3,(H2,21,22,23). The van der Waals surface area contributed by atoms with E-state index in [1.54, 1.807) is 0 Å². The average Bonchev–Trinajstić information content (AvgIpc) is 2.64. The van der Waals surface area contributed by atoms with Crippen molar-refractivity contribution in [1.29, 1.82) is 0 Å². The maximum Gasteiger partial charge on any atom is 0.191 e. The van der Waals surface area contributed by atoms with E-state index in [-0.39, 0.29) is 4.75 Å². The van der Waals surface area contributed by atoms with Crippen molar-refractivity contribution in [1.82, 2.24) is 15.5 Å². The van der Waals surface area contributed by atoms with Crippen molar-refractivity contribution in [3.8, 4) is 0 Å². The van der Waals surface area contributed by atoms with E-state index in [4.69, 9.17) is 0 Å². The van der Waals surface area contributed by atoms with Crippen LogP contribution >= 0.6 is 11.8 Å². The number of nitrogens with one attached hydrogen (secondary N) is 2. The molecular weight excluding hydrogens is 328 g/mol. The molecule has 1 aliphatic rings. The minimum Gasteiger partial charge on any atom is -0.355 e. The third-order valence-corrected chi connectivity index (χ3v) is 6.05. The molecule has 0 atom stereocenters. The highest BCUT2D eigenvalue weighted by Crippen LogP contribution is 2.19. The first-order valence-corrected chi connectivity index (χ1v) is 10.5. The van der Waals surface area contributed by atoms with Gasteiger partial charge in [0, 0.05) is 31.4 Å². The van der Waals surface area contributed by atoms with E-state index in [1.165, 1.54) is 43.5 Å². The zero-order valence-electron chi connectivity index (χ0n) is 16.3. The van der Waals surface area contributed by atoms with Crippen LogP contribution in [0.3, 0.4) is 0 Å². The summed E-state index contributed by atoms with van der Waals surface area (Å²) in [4.78, 5) is 6.88. The quantitative estimate of drug-likeness (QED) is 0.575. The Morgan fingerprint density at radius 1 is 1.08 bits per heavy atom. The van der Waals surface area contributed by atoms with Crippen molar-refractivity contribution in [2.24, 2.45) is 4.99 Å². The van der Waals surface area contributed by atoms with Crippen LogP contribution in [0.25, 0.3) is 0 Å². The predicted octanol–water partition coefficient (Wildman–Crippen LogP) is 3.48. The number of benzene rings is 1. The Morgan fingerprint density at radius 3 is 2.32 bits per heavy atom. The van der Waals surface area contributed by atoms with Crippen molar-refractivity contribution >= 4 is 17.7 Å². The van der Waals surface area contributed by atoms with Crippen molar-refractivity contribution in [3.63, 3.8) is 0 Å². The number of hydrogen-bond acceptors (Lipinski definition) is 3. The first-order chi connectivity index (χ1) is 12.0. The van der Waals surface area contributed by atoms with Crippen LogP contribution in [0.4, 0.5) is 0 Å². The molecule has 1 aromatic rings. The minimum absolute atomic E-state index is 0.202. The lowest BCUT2D eigenvalue weighted by Gasteiger charge is -2.26. The van der Waals surface area contributed by atoms with E-state index < -0.39 is 0 Å². The van der Waals surface area contributed by atoms with Crippen LogP contribution in [-0.2, 0) is 13.1 Å². The summed E-state index contributed by atoms with van der Waals surface area (Å²) in [7, 11) is 1.82. The van der Waals surface area contributed by atoms with Gasteiger partial charge in [-0.15, -0.1) is 0 Å². The zero-order valence-corrected chi connectivity index (χ0v) is 17.1. The molecule has 0 radical (unpaired) electrons. The highest BCUT2D eigenvalue weighted by atomic mass is 32.2. The summed E-state index contributed by atoms with van der Waals surface area (Å²) in [6, 6.07) is 8.98. The lowest BCUT2D eigenvalue weighted by atomic mass is 10.1. The smallest absolute Gasteiger partial charge is 0.191 e. The molecular formula is C20H34N4S. The van der Waals surface area contributed by atoms with Gasteiger partial charge in [0.25, 0.3) is 0 Å². The van der Waals surface area contributed by atoms with E-state index in [2.05, 4.69) is 64.9 Å². The van der Waals surface area contributed by atoms with E-state index in [0.717, 1.165) is 25.6 Å². The van der Waals surface area contributed by atoms with Crippen LogP contribution in [0.2, 0.25) is 0 Å². The second kappa shape index (κ2) is 10.1. The topological polar surface area (TPSA) is 39.7 Å². The molecule has 0 aromatic heterocycles. The van der Waals surface area contributed by atoms with Crippen molar-refractivity contribution in [3.05, 3.63) is 35.4 Å². The summed E-state index contributed by atoms with van der Waals surface area (Å²) in [5.41, 5.74) is 2.70. The van der Waals surface area contributed by atoms with Gasteiger partial charge in [-0.1, -0.05) is 30.7 Å². The molecule has 0 spiro atoms. The van der Waals surface area contributed by atoms with E-state index in [0.29, 0.717) is 0 Å². The number of piperidine rings is 1. The molecule has 0 bridgehead atoms. The molecule has 0 unspecified atom stereocenters. The van der Waals surface area contributed by atoms with Crippen molar-refractivity contribution in [2.45, 2.75) is 50.9 Å². The van der Waals surface area contributed by atoms with Gasteiger partial charge in [0.05, 0.1) is 0 Å². The first kappa shape index (κ1) is 20.1. The third-order valence-electron chi connectivity index (χ3n) is 4.80. The lowest BCUT2D eigenvalue weighted by Crippen LogP contribution is -2.42. The maximum absolute atomic E-state index is 4.31. The monoisotopic (exact) mass is 362 g/mol.